The Bertz CT molecular complexity index is 57.3. The van der Waals surface area contributed by atoms with E-state index in [9.17, 15) is 0 Å². The van der Waals surface area contributed by atoms with Crippen molar-refractivity contribution in [2.45, 2.75) is 32.7 Å². The Morgan fingerprint density at radius 2 is 1.89 bits per heavy atom. The predicted molar refractivity (Wildman–Crippen MR) is 43.1 cm³/mol. The molecule has 0 aromatic rings. The van der Waals surface area contributed by atoms with Gasteiger partial charge in [0.1, 0.15) is 0 Å². The molecule has 0 unspecified atom stereocenters. The number of rotatable bonds is 0. The summed E-state index contributed by atoms with van der Waals surface area (Å²) in [6.07, 6.45) is 2.77. The van der Waals surface area contributed by atoms with Crippen molar-refractivity contribution >= 4 is 12.4 Å². The first-order chi connectivity index (χ1) is 3.79. The normalized spacial score (nSPS) is 35.3. The first-order valence-corrected chi connectivity index (χ1v) is 3.52. The molecule has 0 bridgehead atoms. The van der Waals surface area contributed by atoms with Crippen molar-refractivity contribution in [3.8, 4) is 0 Å². The standard InChI is InChI=1S/C7H15N.ClH/c1-6-3-4-7(2)8-5-6;/h6-8H,3-5H2,1-2H3;1H/t6-,7+;/m1./s1. The highest BCUT2D eigenvalue weighted by molar-refractivity contribution is 5.85. The largest absolute Gasteiger partial charge is 0.314 e. The maximum atomic E-state index is 3.43. The molecule has 56 valence electrons. The van der Waals surface area contributed by atoms with E-state index in [1.165, 1.54) is 19.4 Å². The molecular formula is C7H16ClN. The molecule has 1 aliphatic heterocycles. The lowest BCUT2D eigenvalue weighted by Crippen LogP contribution is -2.35. The van der Waals surface area contributed by atoms with Crippen LogP contribution in [0.25, 0.3) is 0 Å². The Hall–Kier alpha value is 0.250. The highest BCUT2D eigenvalue weighted by atomic mass is 35.5. The zero-order chi connectivity index (χ0) is 5.98. The molecule has 1 heterocycles. The van der Waals surface area contributed by atoms with Gasteiger partial charge in [0.15, 0.2) is 0 Å². The van der Waals surface area contributed by atoms with Gasteiger partial charge in [-0.2, -0.15) is 0 Å². The summed E-state index contributed by atoms with van der Waals surface area (Å²) in [5.74, 6) is 0.909. The van der Waals surface area contributed by atoms with Gasteiger partial charge in [0.25, 0.3) is 0 Å². The summed E-state index contributed by atoms with van der Waals surface area (Å²) in [5, 5.41) is 3.43. The molecule has 0 spiro atoms. The number of hydrogen-bond acceptors (Lipinski definition) is 1. The lowest BCUT2D eigenvalue weighted by molar-refractivity contribution is 0.343. The van der Waals surface area contributed by atoms with Gasteiger partial charge < -0.3 is 5.32 Å². The van der Waals surface area contributed by atoms with Gasteiger partial charge in [-0.25, -0.2) is 0 Å². The summed E-state index contributed by atoms with van der Waals surface area (Å²) >= 11 is 0. The van der Waals surface area contributed by atoms with E-state index in [0.29, 0.717) is 0 Å². The highest BCUT2D eigenvalue weighted by Crippen LogP contribution is 2.11. The van der Waals surface area contributed by atoms with E-state index in [1.54, 1.807) is 0 Å². The molecule has 0 aliphatic carbocycles. The van der Waals surface area contributed by atoms with Gasteiger partial charge in [-0.15, -0.1) is 12.4 Å². The van der Waals surface area contributed by atoms with Gasteiger partial charge in [-0.1, -0.05) is 6.92 Å². The third-order valence-electron chi connectivity index (χ3n) is 1.91. The summed E-state index contributed by atoms with van der Waals surface area (Å²) < 4.78 is 0. The second kappa shape index (κ2) is 4.13. The Morgan fingerprint density at radius 3 is 2.22 bits per heavy atom. The van der Waals surface area contributed by atoms with E-state index < -0.39 is 0 Å². The Kier molecular flexibility index (Phi) is 4.24. The third kappa shape index (κ3) is 3.07. The zero-order valence-electron chi connectivity index (χ0n) is 6.18. The summed E-state index contributed by atoms with van der Waals surface area (Å²) in [4.78, 5) is 0. The van der Waals surface area contributed by atoms with Crippen molar-refractivity contribution in [3.05, 3.63) is 0 Å². The smallest absolute Gasteiger partial charge is 0.00389 e. The third-order valence-corrected chi connectivity index (χ3v) is 1.91. The average molecular weight is 150 g/mol. The second-order valence-electron chi connectivity index (χ2n) is 2.99. The minimum absolute atomic E-state index is 0. The van der Waals surface area contributed by atoms with Crippen LogP contribution in [0.1, 0.15) is 26.7 Å². The average Bonchev–Trinajstić information content (AvgIpc) is 1.77. The lowest BCUT2D eigenvalue weighted by atomic mass is 9.98. The first-order valence-electron chi connectivity index (χ1n) is 3.52. The van der Waals surface area contributed by atoms with E-state index in [1.807, 2.05) is 0 Å². The van der Waals surface area contributed by atoms with Crippen LogP contribution in [0.4, 0.5) is 0 Å². The number of halogens is 1. The van der Waals surface area contributed by atoms with Crippen LogP contribution < -0.4 is 5.32 Å². The van der Waals surface area contributed by atoms with E-state index >= 15 is 0 Å². The maximum absolute atomic E-state index is 3.43. The Labute approximate surface area is 63.6 Å². The summed E-state index contributed by atoms with van der Waals surface area (Å²) in [6, 6.07) is 0.770. The van der Waals surface area contributed by atoms with Crippen LogP contribution in [-0.4, -0.2) is 12.6 Å². The summed E-state index contributed by atoms with van der Waals surface area (Å²) in [5.41, 5.74) is 0. The minimum Gasteiger partial charge on any atom is -0.314 e. The molecule has 1 rings (SSSR count). The van der Waals surface area contributed by atoms with E-state index in [4.69, 9.17) is 0 Å². The van der Waals surface area contributed by atoms with Crippen LogP contribution in [0, 0.1) is 5.92 Å². The molecule has 9 heavy (non-hydrogen) atoms. The van der Waals surface area contributed by atoms with E-state index in [2.05, 4.69) is 19.2 Å². The van der Waals surface area contributed by atoms with Crippen LogP contribution >= 0.6 is 12.4 Å². The second-order valence-corrected chi connectivity index (χ2v) is 2.99. The monoisotopic (exact) mass is 149 g/mol. The van der Waals surface area contributed by atoms with Gasteiger partial charge in [-0.3, -0.25) is 0 Å². The van der Waals surface area contributed by atoms with Crippen molar-refractivity contribution in [2.24, 2.45) is 5.92 Å². The van der Waals surface area contributed by atoms with Crippen molar-refractivity contribution < 1.29 is 0 Å². The predicted octanol–water partition coefficient (Wildman–Crippen LogP) is 1.82. The quantitative estimate of drug-likeness (QED) is 0.554. The van der Waals surface area contributed by atoms with Crippen LogP contribution in [-0.2, 0) is 0 Å². The SMILES string of the molecule is C[C@@H]1CC[C@H](C)NC1.Cl. The highest BCUT2D eigenvalue weighted by Gasteiger charge is 2.11. The van der Waals surface area contributed by atoms with Gasteiger partial charge in [0, 0.05) is 6.04 Å². The van der Waals surface area contributed by atoms with Crippen molar-refractivity contribution in [2.75, 3.05) is 6.54 Å². The molecule has 0 aromatic carbocycles. The van der Waals surface area contributed by atoms with Crippen LogP contribution in [0.3, 0.4) is 0 Å². The molecule has 0 saturated carbocycles. The lowest BCUT2D eigenvalue weighted by Gasteiger charge is -2.24. The number of piperidine rings is 1. The molecule has 0 aromatic heterocycles. The topological polar surface area (TPSA) is 12.0 Å². The van der Waals surface area contributed by atoms with Gasteiger partial charge >= 0.3 is 0 Å². The molecule has 1 saturated heterocycles. The van der Waals surface area contributed by atoms with E-state index in [0.717, 1.165) is 12.0 Å². The van der Waals surface area contributed by atoms with Crippen molar-refractivity contribution in [1.29, 1.82) is 0 Å². The zero-order valence-corrected chi connectivity index (χ0v) is 7.00. The molecule has 1 nitrogen and oxygen atoms in total. The van der Waals surface area contributed by atoms with Gasteiger partial charge in [0.05, 0.1) is 0 Å². The molecule has 1 fully saturated rings. The van der Waals surface area contributed by atoms with Crippen LogP contribution in [0.15, 0.2) is 0 Å². The molecule has 1 N–H and O–H groups in total. The van der Waals surface area contributed by atoms with Crippen LogP contribution in [0.5, 0.6) is 0 Å². The molecule has 0 amide bonds. The van der Waals surface area contributed by atoms with Gasteiger partial charge in [0.2, 0.25) is 0 Å². The van der Waals surface area contributed by atoms with Crippen molar-refractivity contribution in [1.82, 2.24) is 5.32 Å². The Balaban J connectivity index is 0.000000640. The first kappa shape index (κ1) is 9.25. The Morgan fingerprint density at radius 1 is 1.22 bits per heavy atom. The molecule has 2 atom stereocenters. The fourth-order valence-corrected chi connectivity index (χ4v) is 1.14. The fraction of sp³-hybridized carbons (Fsp3) is 1.00. The summed E-state index contributed by atoms with van der Waals surface area (Å²) in [7, 11) is 0. The minimum atomic E-state index is 0. The van der Waals surface area contributed by atoms with Crippen LogP contribution in [0.2, 0.25) is 0 Å². The fourth-order valence-electron chi connectivity index (χ4n) is 1.14. The molecule has 2 heteroatoms. The molecule has 1 aliphatic rings. The maximum Gasteiger partial charge on any atom is 0.00389 e. The summed E-state index contributed by atoms with van der Waals surface area (Å²) in [6.45, 7) is 5.78. The van der Waals surface area contributed by atoms with E-state index in [-0.39, 0.29) is 12.4 Å². The van der Waals surface area contributed by atoms with Crippen molar-refractivity contribution in [3.63, 3.8) is 0 Å². The number of hydrogen-bond donors (Lipinski definition) is 1. The van der Waals surface area contributed by atoms with Gasteiger partial charge in [-0.05, 0) is 32.2 Å². The molecule has 0 radical (unpaired) electrons. The molecular weight excluding hydrogens is 134 g/mol. The number of nitrogens with one attached hydrogen (secondary N) is 1.